The van der Waals surface area contributed by atoms with E-state index in [9.17, 15) is 0 Å². The third-order valence-electron chi connectivity index (χ3n) is 7.57. The molecule has 3 fully saturated rings. The lowest BCUT2D eigenvalue weighted by Gasteiger charge is -2.64. The number of ether oxygens (including phenoxy) is 1. The number of nitrogens with zero attached hydrogens (tertiary/aromatic N) is 1. The monoisotopic (exact) mass is 294 g/mol. The molecule has 1 aliphatic carbocycles. The Kier molecular flexibility index (Phi) is 3.91. The second kappa shape index (κ2) is 5.21. The van der Waals surface area contributed by atoms with Gasteiger partial charge in [0.1, 0.15) is 0 Å². The molecular formula is C18H34N2O. The Labute approximate surface area is 130 Å². The lowest BCUT2D eigenvalue weighted by atomic mass is 9.48. The van der Waals surface area contributed by atoms with Gasteiger partial charge in [-0.05, 0) is 37.8 Å². The van der Waals surface area contributed by atoms with E-state index in [-0.39, 0.29) is 11.0 Å². The molecule has 2 saturated heterocycles. The maximum atomic E-state index is 6.91. The number of likely N-dealkylation sites (tertiary alicyclic amines) is 1. The molecule has 21 heavy (non-hydrogen) atoms. The maximum Gasteiger partial charge on any atom is 0.0691 e. The molecule has 0 radical (unpaired) electrons. The summed E-state index contributed by atoms with van der Waals surface area (Å²) in [6.07, 6.45) is 6.91. The molecule has 3 nitrogen and oxygen atoms in total. The fourth-order valence-electron chi connectivity index (χ4n) is 5.31. The van der Waals surface area contributed by atoms with Crippen molar-refractivity contribution in [3.8, 4) is 0 Å². The molecule has 3 heteroatoms. The first-order valence-electron chi connectivity index (χ1n) is 9.01. The molecule has 3 atom stereocenters. The molecule has 2 heterocycles. The van der Waals surface area contributed by atoms with Gasteiger partial charge in [0.15, 0.2) is 0 Å². The van der Waals surface area contributed by atoms with E-state index >= 15 is 0 Å². The molecule has 3 rings (SSSR count). The minimum absolute atomic E-state index is 0.0490. The Morgan fingerprint density at radius 1 is 1.14 bits per heavy atom. The van der Waals surface area contributed by atoms with Gasteiger partial charge in [0, 0.05) is 30.0 Å². The van der Waals surface area contributed by atoms with Crippen LogP contribution in [0.2, 0.25) is 0 Å². The van der Waals surface area contributed by atoms with E-state index in [0.717, 1.165) is 19.6 Å². The quantitative estimate of drug-likeness (QED) is 0.866. The minimum Gasteiger partial charge on any atom is -0.377 e. The van der Waals surface area contributed by atoms with Crippen LogP contribution in [0.5, 0.6) is 0 Å². The standard InChI is InChI=1S/C18H34N2O/c1-5-17(6-2)8-10-20(11-9-17)13-18(19)14-7-12-21-15(14)16(18,3)4/h14-15H,5-13,19H2,1-4H3. The molecule has 122 valence electrons. The van der Waals surface area contributed by atoms with Crippen LogP contribution in [-0.2, 0) is 4.74 Å². The van der Waals surface area contributed by atoms with Crippen LogP contribution in [0.15, 0.2) is 0 Å². The third kappa shape index (κ3) is 2.19. The van der Waals surface area contributed by atoms with Gasteiger partial charge < -0.3 is 15.4 Å². The summed E-state index contributed by atoms with van der Waals surface area (Å²) in [4.78, 5) is 2.64. The summed E-state index contributed by atoms with van der Waals surface area (Å²) in [5, 5.41) is 0. The first kappa shape index (κ1) is 15.8. The van der Waals surface area contributed by atoms with Crippen LogP contribution in [-0.4, -0.2) is 42.8 Å². The van der Waals surface area contributed by atoms with Gasteiger partial charge in [0.05, 0.1) is 6.10 Å². The highest BCUT2D eigenvalue weighted by atomic mass is 16.5. The SMILES string of the molecule is CCC1(CC)CCN(CC2(N)C3CCOC3C2(C)C)CC1. The Balaban J connectivity index is 1.63. The molecule has 0 amide bonds. The van der Waals surface area contributed by atoms with Crippen LogP contribution in [0.4, 0.5) is 0 Å². The first-order chi connectivity index (χ1) is 9.88. The summed E-state index contributed by atoms with van der Waals surface area (Å²) in [7, 11) is 0. The Hall–Kier alpha value is -0.120. The van der Waals surface area contributed by atoms with Gasteiger partial charge in [-0.15, -0.1) is 0 Å². The van der Waals surface area contributed by atoms with E-state index in [1.54, 1.807) is 0 Å². The molecule has 3 aliphatic rings. The molecule has 1 saturated carbocycles. The average Bonchev–Trinajstić information content (AvgIpc) is 2.97. The van der Waals surface area contributed by atoms with Gasteiger partial charge in [-0.2, -0.15) is 0 Å². The fraction of sp³-hybridized carbons (Fsp3) is 1.00. The number of hydrogen-bond donors (Lipinski definition) is 1. The van der Waals surface area contributed by atoms with Gasteiger partial charge in [-0.25, -0.2) is 0 Å². The Morgan fingerprint density at radius 2 is 1.76 bits per heavy atom. The maximum absolute atomic E-state index is 6.91. The van der Waals surface area contributed by atoms with Crippen molar-refractivity contribution in [1.29, 1.82) is 0 Å². The molecule has 2 aliphatic heterocycles. The van der Waals surface area contributed by atoms with Crippen molar-refractivity contribution in [1.82, 2.24) is 4.90 Å². The van der Waals surface area contributed by atoms with Gasteiger partial charge in [0.25, 0.3) is 0 Å². The zero-order valence-electron chi connectivity index (χ0n) is 14.5. The molecule has 3 unspecified atom stereocenters. The second-order valence-corrected chi connectivity index (χ2v) is 8.43. The predicted molar refractivity (Wildman–Crippen MR) is 87.2 cm³/mol. The molecule has 0 aromatic rings. The smallest absolute Gasteiger partial charge is 0.0691 e. The van der Waals surface area contributed by atoms with E-state index in [1.807, 2.05) is 0 Å². The Morgan fingerprint density at radius 3 is 2.33 bits per heavy atom. The van der Waals surface area contributed by atoms with Gasteiger partial charge in [-0.1, -0.05) is 40.5 Å². The van der Waals surface area contributed by atoms with Crippen molar-refractivity contribution < 1.29 is 4.74 Å². The predicted octanol–water partition coefficient (Wildman–Crippen LogP) is 3.03. The molecule has 0 aromatic heterocycles. The van der Waals surface area contributed by atoms with Crippen LogP contribution in [0.3, 0.4) is 0 Å². The van der Waals surface area contributed by atoms with E-state index in [1.165, 1.54) is 38.8 Å². The number of hydrogen-bond acceptors (Lipinski definition) is 3. The highest BCUT2D eigenvalue weighted by Gasteiger charge is 2.67. The van der Waals surface area contributed by atoms with E-state index < -0.39 is 0 Å². The van der Waals surface area contributed by atoms with E-state index in [4.69, 9.17) is 10.5 Å². The first-order valence-corrected chi connectivity index (χ1v) is 9.01. The van der Waals surface area contributed by atoms with Crippen LogP contribution in [0, 0.1) is 16.7 Å². The Bertz CT molecular complexity index is 381. The van der Waals surface area contributed by atoms with Crippen LogP contribution < -0.4 is 5.73 Å². The number of rotatable bonds is 4. The number of fused-ring (bicyclic) bond motifs is 1. The molecule has 0 bridgehead atoms. The summed E-state index contributed by atoms with van der Waals surface area (Å²) in [5.74, 6) is 0.580. The van der Waals surface area contributed by atoms with Crippen LogP contribution >= 0.6 is 0 Å². The highest BCUT2D eigenvalue weighted by molar-refractivity contribution is 5.21. The zero-order chi connectivity index (χ0) is 15.3. The summed E-state index contributed by atoms with van der Waals surface area (Å²) in [6, 6.07) is 0. The normalized spacial score (nSPS) is 41.6. The summed E-state index contributed by atoms with van der Waals surface area (Å²) in [6.45, 7) is 13.8. The van der Waals surface area contributed by atoms with Crippen LogP contribution in [0.25, 0.3) is 0 Å². The third-order valence-corrected chi connectivity index (χ3v) is 7.57. The summed E-state index contributed by atoms with van der Waals surface area (Å²) in [5.41, 5.74) is 7.59. The fourth-order valence-corrected chi connectivity index (χ4v) is 5.31. The van der Waals surface area contributed by atoms with Crippen molar-refractivity contribution in [2.45, 2.75) is 71.4 Å². The minimum atomic E-state index is -0.0490. The van der Waals surface area contributed by atoms with Gasteiger partial charge in [-0.3, -0.25) is 0 Å². The molecule has 0 aromatic carbocycles. The average molecular weight is 294 g/mol. The lowest BCUT2D eigenvalue weighted by Crippen LogP contribution is -2.78. The van der Waals surface area contributed by atoms with E-state index in [0.29, 0.717) is 17.4 Å². The summed E-state index contributed by atoms with van der Waals surface area (Å²) < 4.78 is 5.92. The topological polar surface area (TPSA) is 38.5 Å². The largest absolute Gasteiger partial charge is 0.377 e. The zero-order valence-corrected chi connectivity index (χ0v) is 14.5. The van der Waals surface area contributed by atoms with Gasteiger partial charge >= 0.3 is 0 Å². The highest BCUT2D eigenvalue weighted by Crippen LogP contribution is 2.58. The van der Waals surface area contributed by atoms with E-state index in [2.05, 4.69) is 32.6 Å². The molecule has 2 N–H and O–H groups in total. The van der Waals surface area contributed by atoms with Crippen molar-refractivity contribution in [3.63, 3.8) is 0 Å². The van der Waals surface area contributed by atoms with Crippen molar-refractivity contribution in [2.24, 2.45) is 22.5 Å². The van der Waals surface area contributed by atoms with Crippen LogP contribution in [0.1, 0.15) is 59.8 Å². The van der Waals surface area contributed by atoms with Crippen molar-refractivity contribution >= 4 is 0 Å². The molecular weight excluding hydrogens is 260 g/mol. The number of piperidine rings is 1. The lowest BCUT2D eigenvalue weighted by molar-refractivity contribution is -0.165. The van der Waals surface area contributed by atoms with Crippen molar-refractivity contribution in [2.75, 3.05) is 26.2 Å². The second-order valence-electron chi connectivity index (χ2n) is 8.43. The molecule has 0 spiro atoms. The number of nitrogens with two attached hydrogens (primary N) is 1. The van der Waals surface area contributed by atoms with Crippen molar-refractivity contribution in [3.05, 3.63) is 0 Å². The summed E-state index contributed by atoms with van der Waals surface area (Å²) >= 11 is 0. The van der Waals surface area contributed by atoms with Gasteiger partial charge in [0.2, 0.25) is 0 Å².